The summed E-state index contributed by atoms with van der Waals surface area (Å²) in [5, 5.41) is 3.96. The molecule has 2 rings (SSSR count). The number of methoxy groups -OCH3 is 1. The van der Waals surface area contributed by atoms with E-state index in [1.165, 1.54) is 12.1 Å². The molecule has 5 heteroatoms. The Hall–Kier alpha value is -0.510. The van der Waals surface area contributed by atoms with Crippen LogP contribution in [0.15, 0.2) is 12.1 Å². The Morgan fingerprint density at radius 2 is 1.72 bits per heavy atom. The zero-order valence-electron chi connectivity index (χ0n) is 10.2. The van der Waals surface area contributed by atoms with Crippen LogP contribution >= 0.6 is 23.2 Å². The van der Waals surface area contributed by atoms with Crippen LogP contribution in [0.3, 0.4) is 0 Å². The fourth-order valence-corrected chi connectivity index (χ4v) is 2.90. The summed E-state index contributed by atoms with van der Waals surface area (Å²) in [5.74, 6) is -0.418. The monoisotopic (exact) mass is 291 g/mol. The van der Waals surface area contributed by atoms with Crippen LogP contribution in [0.5, 0.6) is 0 Å². The molecule has 0 aliphatic heterocycles. The molecule has 1 aromatic carbocycles. The van der Waals surface area contributed by atoms with Gasteiger partial charge in [-0.1, -0.05) is 23.2 Å². The Morgan fingerprint density at radius 3 is 2.22 bits per heavy atom. The molecule has 0 heterocycles. The second-order valence-electron chi connectivity index (χ2n) is 4.60. The van der Waals surface area contributed by atoms with Crippen molar-refractivity contribution >= 4 is 28.9 Å². The van der Waals surface area contributed by atoms with Gasteiger partial charge in [-0.05, 0) is 37.8 Å². The topological polar surface area (TPSA) is 21.3 Å². The van der Waals surface area contributed by atoms with Crippen molar-refractivity contribution in [2.24, 2.45) is 0 Å². The molecule has 0 aromatic heterocycles. The third-order valence-electron chi connectivity index (χ3n) is 3.36. The van der Waals surface area contributed by atoms with E-state index in [-0.39, 0.29) is 0 Å². The first kappa shape index (κ1) is 13.9. The number of hydrogen-bond donors (Lipinski definition) is 1. The van der Waals surface area contributed by atoms with Gasteiger partial charge in [0.2, 0.25) is 0 Å². The highest BCUT2D eigenvalue weighted by molar-refractivity contribution is 6.39. The standard InChI is InChI=1S/C13H16Cl2FNO/c1-18-10-4-2-9(3-5-10)17-13-11(14)6-8(16)7-12(13)15/h6-7,9-10,17H,2-5H2,1H3. The van der Waals surface area contributed by atoms with Crippen LogP contribution in [0.2, 0.25) is 10.0 Å². The zero-order chi connectivity index (χ0) is 13.1. The lowest BCUT2D eigenvalue weighted by atomic mass is 9.93. The number of benzene rings is 1. The molecule has 100 valence electrons. The molecule has 0 amide bonds. The van der Waals surface area contributed by atoms with E-state index in [1.54, 1.807) is 7.11 Å². The van der Waals surface area contributed by atoms with Gasteiger partial charge in [0.1, 0.15) is 5.82 Å². The van der Waals surface area contributed by atoms with Crippen LogP contribution in [-0.2, 0) is 4.74 Å². The van der Waals surface area contributed by atoms with Crippen molar-refractivity contribution in [1.29, 1.82) is 0 Å². The lowest BCUT2D eigenvalue weighted by Crippen LogP contribution is -2.29. The average Bonchev–Trinajstić information content (AvgIpc) is 2.34. The van der Waals surface area contributed by atoms with E-state index in [0.717, 1.165) is 25.7 Å². The Labute approximate surface area is 116 Å². The van der Waals surface area contributed by atoms with Crippen molar-refractivity contribution in [2.45, 2.75) is 37.8 Å². The lowest BCUT2D eigenvalue weighted by Gasteiger charge is -2.29. The molecule has 0 unspecified atom stereocenters. The third-order valence-corrected chi connectivity index (χ3v) is 3.96. The van der Waals surface area contributed by atoms with Crippen molar-refractivity contribution in [3.63, 3.8) is 0 Å². The predicted octanol–water partition coefficient (Wildman–Crippen LogP) is 4.50. The maximum Gasteiger partial charge on any atom is 0.126 e. The van der Waals surface area contributed by atoms with E-state index in [1.807, 2.05) is 0 Å². The van der Waals surface area contributed by atoms with Crippen LogP contribution in [0.4, 0.5) is 10.1 Å². The highest BCUT2D eigenvalue weighted by Crippen LogP contribution is 2.34. The van der Waals surface area contributed by atoms with Gasteiger partial charge in [-0.3, -0.25) is 0 Å². The van der Waals surface area contributed by atoms with E-state index < -0.39 is 5.82 Å². The Balaban J connectivity index is 2.02. The van der Waals surface area contributed by atoms with Gasteiger partial charge in [-0.15, -0.1) is 0 Å². The Kier molecular flexibility index (Phi) is 4.71. The number of ether oxygens (including phenoxy) is 1. The van der Waals surface area contributed by atoms with Gasteiger partial charge in [0.05, 0.1) is 21.8 Å². The summed E-state index contributed by atoms with van der Waals surface area (Å²) in [6, 6.07) is 2.87. The first-order valence-corrected chi connectivity index (χ1v) is 6.79. The van der Waals surface area contributed by atoms with Crippen molar-refractivity contribution in [3.8, 4) is 0 Å². The maximum atomic E-state index is 13.1. The molecule has 0 atom stereocenters. The van der Waals surface area contributed by atoms with E-state index in [2.05, 4.69) is 5.32 Å². The molecule has 1 aliphatic rings. The van der Waals surface area contributed by atoms with Gasteiger partial charge >= 0.3 is 0 Å². The van der Waals surface area contributed by atoms with Crippen LogP contribution in [-0.4, -0.2) is 19.3 Å². The number of anilines is 1. The SMILES string of the molecule is COC1CCC(Nc2c(Cl)cc(F)cc2Cl)CC1. The summed E-state index contributed by atoms with van der Waals surface area (Å²) in [6.45, 7) is 0. The lowest BCUT2D eigenvalue weighted by molar-refractivity contribution is 0.0682. The number of halogens is 3. The number of rotatable bonds is 3. The van der Waals surface area contributed by atoms with Crippen molar-refractivity contribution < 1.29 is 9.13 Å². The first-order chi connectivity index (χ1) is 8.60. The first-order valence-electron chi connectivity index (χ1n) is 6.04. The predicted molar refractivity (Wildman–Crippen MR) is 73.1 cm³/mol. The molecular weight excluding hydrogens is 276 g/mol. The average molecular weight is 292 g/mol. The summed E-state index contributed by atoms with van der Waals surface area (Å²) in [6.07, 6.45) is 4.39. The Bertz CT molecular complexity index is 396. The van der Waals surface area contributed by atoms with Crippen LogP contribution in [0.25, 0.3) is 0 Å². The zero-order valence-corrected chi connectivity index (χ0v) is 11.7. The normalized spacial score (nSPS) is 24.0. The van der Waals surface area contributed by atoms with E-state index >= 15 is 0 Å². The molecule has 1 N–H and O–H groups in total. The third kappa shape index (κ3) is 3.28. The fraction of sp³-hybridized carbons (Fsp3) is 0.538. The van der Waals surface area contributed by atoms with E-state index in [9.17, 15) is 4.39 Å². The minimum Gasteiger partial charge on any atom is -0.381 e. The van der Waals surface area contributed by atoms with Crippen molar-refractivity contribution in [1.82, 2.24) is 0 Å². The molecule has 0 spiro atoms. The van der Waals surface area contributed by atoms with Crippen LogP contribution < -0.4 is 5.32 Å². The molecule has 1 aromatic rings. The minimum absolute atomic E-state index is 0.317. The van der Waals surface area contributed by atoms with Gasteiger partial charge < -0.3 is 10.1 Å². The van der Waals surface area contributed by atoms with Gasteiger partial charge in [0, 0.05) is 13.2 Å². The molecule has 18 heavy (non-hydrogen) atoms. The number of nitrogens with one attached hydrogen (secondary N) is 1. The van der Waals surface area contributed by atoms with Crippen LogP contribution in [0.1, 0.15) is 25.7 Å². The van der Waals surface area contributed by atoms with Gasteiger partial charge in [0.15, 0.2) is 0 Å². The highest BCUT2D eigenvalue weighted by Gasteiger charge is 2.22. The molecular formula is C13H16Cl2FNO. The van der Waals surface area contributed by atoms with Gasteiger partial charge in [-0.25, -0.2) is 4.39 Å². The second-order valence-corrected chi connectivity index (χ2v) is 5.41. The molecule has 0 saturated heterocycles. The van der Waals surface area contributed by atoms with E-state index in [0.29, 0.717) is 27.9 Å². The van der Waals surface area contributed by atoms with Gasteiger partial charge in [0.25, 0.3) is 0 Å². The Morgan fingerprint density at radius 1 is 1.17 bits per heavy atom. The summed E-state index contributed by atoms with van der Waals surface area (Å²) >= 11 is 12.0. The smallest absolute Gasteiger partial charge is 0.126 e. The molecule has 1 fully saturated rings. The van der Waals surface area contributed by atoms with Crippen molar-refractivity contribution in [2.75, 3.05) is 12.4 Å². The molecule has 0 bridgehead atoms. The van der Waals surface area contributed by atoms with Crippen molar-refractivity contribution in [3.05, 3.63) is 28.0 Å². The summed E-state index contributed by atoms with van der Waals surface area (Å²) in [7, 11) is 1.74. The summed E-state index contributed by atoms with van der Waals surface area (Å²) < 4.78 is 18.4. The number of hydrogen-bond acceptors (Lipinski definition) is 2. The van der Waals surface area contributed by atoms with Crippen LogP contribution in [0, 0.1) is 5.82 Å². The maximum absolute atomic E-state index is 13.1. The highest BCUT2D eigenvalue weighted by atomic mass is 35.5. The molecule has 1 saturated carbocycles. The summed E-state index contributed by atoms with van der Waals surface area (Å²) in [4.78, 5) is 0. The quantitative estimate of drug-likeness (QED) is 0.885. The molecule has 0 radical (unpaired) electrons. The minimum atomic E-state index is -0.418. The summed E-state index contributed by atoms with van der Waals surface area (Å²) in [5.41, 5.74) is 0.626. The van der Waals surface area contributed by atoms with Gasteiger partial charge in [-0.2, -0.15) is 0 Å². The fourth-order valence-electron chi connectivity index (χ4n) is 2.33. The molecule has 2 nitrogen and oxygen atoms in total. The largest absolute Gasteiger partial charge is 0.381 e. The molecule has 1 aliphatic carbocycles. The van der Waals surface area contributed by atoms with E-state index in [4.69, 9.17) is 27.9 Å². The second kappa shape index (κ2) is 6.09.